The molecule has 1 amide bonds. The van der Waals surface area contributed by atoms with Crippen molar-refractivity contribution in [2.75, 3.05) is 6.61 Å². The highest BCUT2D eigenvalue weighted by Crippen LogP contribution is 2.23. The Morgan fingerprint density at radius 1 is 1.14 bits per heavy atom. The van der Waals surface area contributed by atoms with Crippen molar-refractivity contribution in [3.63, 3.8) is 0 Å². The minimum absolute atomic E-state index is 0.244. The van der Waals surface area contributed by atoms with Crippen molar-refractivity contribution in [2.24, 2.45) is 5.10 Å². The molecule has 0 atom stereocenters. The smallest absolute Gasteiger partial charge is 0.336 e. The molecule has 3 rings (SSSR count). The quantitative estimate of drug-likeness (QED) is 0.403. The number of aromatic hydroxyl groups is 1. The SMILES string of the molecule is Cc1cc(/C=N/NC(=O)COc2ccc3c(C)cc(=O)oc3c2)cc(C)c1O. The first kappa shape index (κ1) is 19.2. The van der Waals surface area contributed by atoms with E-state index in [1.54, 1.807) is 44.2 Å². The first-order valence-corrected chi connectivity index (χ1v) is 8.63. The van der Waals surface area contributed by atoms with Crippen molar-refractivity contribution in [1.82, 2.24) is 5.43 Å². The van der Waals surface area contributed by atoms with Crippen LogP contribution in [0.25, 0.3) is 11.0 Å². The van der Waals surface area contributed by atoms with Crippen molar-refractivity contribution in [3.05, 3.63) is 69.1 Å². The highest BCUT2D eigenvalue weighted by atomic mass is 16.5. The molecule has 7 nitrogen and oxygen atoms in total. The monoisotopic (exact) mass is 380 g/mol. The van der Waals surface area contributed by atoms with Crippen molar-refractivity contribution in [1.29, 1.82) is 0 Å². The fourth-order valence-corrected chi connectivity index (χ4v) is 2.82. The normalized spacial score (nSPS) is 11.1. The van der Waals surface area contributed by atoms with Crippen LogP contribution < -0.4 is 15.8 Å². The number of hydrogen-bond acceptors (Lipinski definition) is 6. The minimum Gasteiger partial charge on any atom is -0.507 e. The molecule has 144 valence electrons. The highest BCUT2D eigenvalue weighted by molar-refractivity contribution is 5.84. The Balaban J connectivity index is 1.60. The first-order chi connectivity index (χ1) is 13.3. The lowest BCUT2D eigenvalue weighted by molar-refractivity contribution is -0.123. The molecule has 3 aromatic rings. The Bertz CT molecular complexity index is 1110. The van der Waals surface area contributed by atoms with Crippen LogP contribution in [0.2, 0.25) is 0 Å². The molecular weight excluding hydrogens is 360 g/mol. The van der Waals surface area contributed by atoms with E-state index < -0.39 is 11.5 Å². The van der Waals surface area contributed by atoms with Gasteiger partial charge in [0.2, 0.25) is 0 Å². The van der Waals surface area contributed by atoms with Crippen LogP contribution in [0.15, 0.2) is 50.7 Å². The largest absolute Gasteiger partial charge is 0.507 e. The number of rotatable bonds is 5. The molecule has 2 N–H and O–H groups in total. The second-order valence-corrected chi connectivity index (χ2v) is 6.49. The van der Waals surface area contributed by atoms with E-state index in [1.807, 2.05) is 6.92 Å². The summed E-state index contributed by atoms with van der Waals surface area (Å²) in [5.41, 5.74) is 5.38. The number of ether oxygens (including phenoxy) is 1. The van der Waals surface area contributed by atoms with E-state index in [1.165, 1.54) is 12.3 Å². The summed E-state index contributed by atoms with van der Waals surface area (Å²) in [4.78, 5) is 23.4. The maximum absolute atomic E-state index is 11.9. The van der Waals surface area contributed by atoms with E-state index in [4.69, 9.17) is 9.15 Å². The molecule has 0 saturated heterocycles. The fourth-order valence-electron chi connectivity index (χ4n) is 2.82. The van der Waals surface area contributed by atoms with Gasteiger partial charge in [-0.25, -0.2) is 10.2 Å². The first-order valence-electron chi connectivity index (χ1n) is 8.63. The third-order valence-corrected chi connectivity index (χ3v) is 4.21. The number of benzene rings is 2. The van der Waals surface area contributed by atoms with E-state index in [0.717, 1.165) is 27.6 Å². The van der Waals surface area contributed by atoms with Crippen LogP contribution in [0.1, 0.15) is 22.3 Å². The number of fused-ring (bicyclic) bond motifs is 1. The van der Waals surface area contributed by atoms with Crippen LogP contribution in [0.3, 0.4) is 0 Å². The minimum atomic E-state index is -0.436. The van der Waals surface area contributed by atoms with Gasteiger partial charge in [0.1, 0.15) is 17.1 Å². The standard InChI is InChI=1S/C21H20N2O5/c1-12-8-20(25)28-18-9-16(4-5-17(12)18)27-11-19(24)23-22-10-15-6-13(2)21(26)14(3)7-15/h4-10,26H,11H2,1-3H3,(H,23,24)/b22-10+. The van der Waals surface area contributed by atoms with E-state index in [2.05, 4.69) is 10.5 Å². The van der Waals surface area contributed by atoms with Gasteiger partial charge in [0.25, 0.3) is 5.91 Å². The number of nitrogens with zero attached hydrogens (tertiary/aromatic N) is 1. The van der Waals surface area contributed by atoms with Crippen LogP contribution in [0, 0.1) is 20.8 Å². The van der Waals surface area contributed by atoms with Gasteiger partial charge in [-0.1, -0.05) is 0 Å². The summed E-state index contributed by atoms with van der Waals surface area (Å²) in [5.74, 6) is 0.218. The molecule has 0 aliphatic rings. The zero-order valence-electron chi connectivity index (χ0n) is 15.8. The topological polar surface area (TPSA) is 101 Å². The summed E-state index contributed by atoms with van der Waals surface area (Å²) in [6, 6.07) is 9.99. The number of carbonyl (C=O) groups excluding carboxylic acids is 1. The average molecular weight is 380 g/mol. The third kappa shape index (κ3) is 4.37. The molecule has 28 heavy (non-hydrogen) atoms. The van der Waals surface area contributed by atoms with Gasteiger partial charge in [-0.05, 0) is 67.3 Å². The summed E-state index contributed by atoms with van der Waals surface area (Å²) in [5, 5.41) is 14.5. The van der Waals surface area contributed by atoms with Crippen molar-refractivity contribution in [3.8, 4) is 11.5 Å². The number of amides is 1. The number of phenols is 1. The van der Waals surface area contributed by atoms with Gasteiger partial charge < -0.3 is 14.3 Å². The summed E-state index contributed by atoms with van der Waals surface area (Å²) in [6.07, 6.45) is 1.49. The van der Waals surface area contributed by atoms with E-state index in [0.29, 0.717) is 11.3 Å². The Labute approximate surface area is 161 Å². The molecule has 0 radical (unpaired) electrons. The Morgan fingerprint density at radius 3 is 2.57 bits per heavy atom. The number of hydrazone groups is 1. The molecule has 1 heterocycles. The van der Waals surface area contributed by atoms with Gasteiger partial charge in [-0.15, -0.1) is 0 Å². The van der Waals surface area contributed by atoms with E-state index >= 15 is 0 Å². The lowest BCUT2D eigenvalue weighted by Gasteiger charge is -2.07. The molecule has 0 spiro atoms. The van der Waals surface area contributed by atoms with Crippen LogP contribution in [0.4, 0.5) is 0 Å². The van der Waals surface area contributed by atoms with Gasteiger partial charge in [0, 0.05) is 17.5 Å². The Morgan fingerprint density at radius 2 is 1.86 bits per heavy atom. The van der Waals surface area contributed by atoms with Gasteiger partial charge in [-0.2, -0.15) is 5.10 Å². The molecule has 1 aromatic heterocycles. The van der Waals surface area contributed by atoms with Crippen LogP contribution in [-0.2, 0) is 4.79 Å². The summed E-state index contributed by atoms with van der Waals surface area (Å²) >= 11 is 0. The summed E-state index contributed by atoms with van der Waals surface area (Å²) in [6.45, 7) is 5.16. The van der Waals surface area contributed by atoms with Crippen LogP contribution >= 0.6 is 0 Å². The molecule has 2 aromatic carbocycles. The number of nitrogens with one attached hydrogen (secondary N) is 1. The third-order valence-electron chi connectivity index (χ3n) is 4.21. The lowest BCUT2D eigenvalue weighted by atomic mass is 10.1. The van der Waals surface area contributed by atoms with Gasteiger partial charge >= 0.3 is 5.63 Å². The van der Waals surface area contributed by atoms with E-state index in [-0.39, 0.29) is 12.4 Å². The zero-order valence-corrected chi connectivity index (χ0v) is 15.8. The zero-order chi connectivity index (χ0) is 20.3. The van der Waals surface area contributed by atoms with E-state index in [9.17, 15) is 14.7 Å². The van der Waals surface area contributed by atoms with Gasteiger partial charge in [0.05, 0.1) is 6.21 Å². The predicted octanol–water partition coefficient (Wildman–Crippen LogP) is 2.95. The van der Waals surface area contributed by atoms with Crippen molar-refractivity contribution < 1.29 is 19.1 Å². The highest BCUT2D eigenvalue weighted by Gasteiger charge is 2.06. The molecule has 7 heteroatoms. The average Bonchev–Trinajstić information content (AvgIpc) is 2.64. The Hall–Kier alpha value is -3.61. The molecule has 0 fully saturated rings. The lowest BCUT2D eigenvalue weighted by Crippen LogP contribution is -2.24. The Kier molecular flexibility index (Phi) is 5.44. The van der Waals surface area contributed by atoms with Crippen LogP contribution in [0.5, 0.6) is 11.5 Å². The number of phenolic OH excluding ortho intramolecular Hbond substituents is 1. The maximum Gasteiger partial charge on any atom is 0.336 e. The molecular formula is C21H20N2O5. The van der Waals surface area contributed by atoms with Crippen LogP contribution in [-0.4, -0.2) is 23.8 Å². The fraction of sp³-hybridized carbons (Fsp3) is 0.190. The summed E-state index contributed by atoms with van der Waals surface area (Å²) < 4.78 is 10.6. The van der Waals surface area contributed by atoms with Crippen molar-refractivity contribution >= 4 is 23.1 Å². The second kappa shape index (κ2) is 7.96. The summed E-state index contributed by atoms with van der Waals surface area (Å²) in [7, 11) is 0. The van der Waals surface area contributed by atoms with Gasteiger partial charge in [0.15, 0.2) is 6.61 Å². The number of hydrogen-bond donors (Lipinski definition) is 2. The molecule has 0 aliphatic carbocycles. The maximum atomic E-state index is 11.9. The number of aryl methyl sites for hydroxylation is 3. The van der Waals surface area contributed by atoms with Gasteiger partial charge in [-0.3, -0.25) is 4.79 Å². The molecule has 0 saturated carbocycles. The molecule has 0 aliphatic heterocycles. The molecule has 0 bridgehead atoms. The van der Waals surface area contributed by atoms with Crippen molar-refractivity contribution in [2.45, 2.75) is 20.8 Å². The number of carbonyl (C=O) groups is 1. The second-order valence-electron chi connectivity index (χ2n) is 6.49. The molecule has 0 unspecified atom stereocenters. The predicted molar refractivity (Wildman–Crippen MR) is 106 cm³/mol.